The van der Waals surface area contributed by atoms with E-state index in [1.807, 2.05) is 32.0 Å². The molecule has 24 heavy (non-hydrogen) atoms. The van der Waals surface area contributed by atoms with Crippen LogP contribution in [0.25, 0.3) is 0 Å². The Morgan fingerprint density at radius 1 is 1.25 bits per heavy atom. The van der Waals surface area contributed by atoms with Crippen LogP contribution in [-0.4, -0.2) is 61.0 Å². The van der Waals surface area contributed by atoms with Crippen LogP contribution in [0, 0.1) is 0 Å². The summed E-state index contributed by atoms with van der Waals surface area (Å²) in [5.41, 5.74) is 0.588. The maximum Gasteiger partial charge on any atom is 0.232 e. The average Bonchev–Trinajstić information content (AvgIpc) is 3.05. The summed E-state index contributed by atoms with van der Waals surface area (Å²) in [5.74, 6) is 0.244. The molecule has 0 saturated carbocycles. The molecule has 1 unspecified atom stereocenters. The number of carbonyl (C=O) groups excluding carboxylic acids is 1. The molecule has 2 aliphatic rings. The largest absolute Gasteiger partial charge is 0.340 e. The molecule has 134 valence electrons. The molecule has 0 spiro atoms. The second-order valence-electron chi connectivity index (χ2n) is 7.11. The topological polar surface area (TPSA) is 35.6 Å². The quantitative estimate of drug-likeness (QED) is 0.823. The SMILES string of the molecule is CC(C)(C(=O)N1CCC(N2CCNCC2)C1)c1cccc(Br)c1.Cl. The van der Waals surface area contributed by atoms with E-state index in [4.69, 9.17) is 0 Å². The van der Waals surface area contributed by atoms with Crippen LogP contribution in [0.1, 0.15) is 25.8 Å². The van der Waals surface area contributed by atoms with Crippen LogP contribution in [0.3, 0.4) is 0 Å². The molecule has 0 bridgehead atoms. The van der Waals surface area contributed by atoms with Crippen molar-refractivity contribution in [1.82, 2.24) is 15.1 Å². The molecule has 1 aromatic rings. The number of likely N-dealkylation sites (tertiary alicyclic amines) is 1. The zero-order valence-corrected chi connectivity index (χ0v) is 16.8. The highest BCUT2D eigenvalue weighted by molar-refractivity contribution is 9.10. The van der Waals surface area contributed by atoms with Crippen LogP contribution < -0.4 is 5.32 Å². The van der Waals surface area contributed by atoms with Crippen molar-refractivity contribution in [3.05, 3.63) is 34.3 Å². The number of halogens is 2. The van der Waals surface area contributed by atoms with Gasteiger partial charge in [0, 0.05) is 49.8 Å². The van der Waals surface area contributed by atoms with Gasteiger partial charge in [-0.3, -0.25) is 9.69 Å². The van der Waals surface area contributed by atoms with E-state index in [-0.39, 0.29) is 18.3 Å². The molecule has 1 aromatic carbocycles. The van der Waals surface area contributed by atoms with Gasteiger partial charge in [0.15, 0.2) is 0 Å². The van der Waals surface area contributed by atoms with Crippen LogP contribution in [0.15, 0.2) is 28.7 Å². The monoisotopic (exact) mass is 415 g/mol. The third-order valence-corrected chi connectivity index (χ3v) is 5.69. The van der Waals surface area contributed by atoms with E-state index < -0.39 is 5.41 Å². The summed E-state index contributed by atoms with van der Waals surface area (Å²) in [4.78, 5) is 17.7. The van der Waals surface area contributed by atoms with Crippen molar-refractivity contribution >= 4 is 34.2 Å². The van der Waals surface area contributed by atoms with Crippen LogP contribution in [0.4, 0.5) is 0 Å². The fraction of sp³-hybridized carbons (Fsp3) is 0.611. The van der Waals surface area contributed by atoms with Crippen molar-refractivity contribution in [2.24, 2.45) is 0 Å². The molecule has 2 aliphatic heterocycles. The lowest BCUT2D eigenvalue weighted by molar-refractivity contribution is -0.135. The molecule has 2 fully saturated rings. The number of rotatable bonds is 3. The van der Waals surface area contributed by atoms with Gasteiger partial charge in [-0.25, -0.2) is 0 Å². The van der Waals surface area contributed by atoms with Gasteiger partial charge in [0.2, 0.25) is 5.91 Å². The summed E-state index contributed by atoms with van der Waals surface area (Å²) in [7, 11) is 0. The summed E-state index contributed by atoms with van der Waals surface area (Å²) in [6.45, 7) is 10.1. The number of amides is 1. The van der Waals surface area contributed by atoms with Gasteiger partial charge in [-0.1, -0.05) is 28.1 Å². The zero-order chi connectivity index (χ0) is 16.4. The fourth-order valence-corrected chi connectivity index (χ4v) is 4.07. The van der Waals surface area contributed by atoms with Gasteiger partial charge in [0.25, 0.3) is 0 Å². The predicted molar refractivity (Wildman–Crippen MR) is 104 cm³/mol. The lowest BCUT2D eigenvalue weighted by Crippen LogP contribution is -2.50. The highest BCUT2D eigenvalue weighted by Crippen LogP contribution is 2.30. The first kappa shape index (κ1) is 19.7. The molecule has 2 heterocycles. The Morgan fingerprint density at radius 3 is 2.62 bits per heavy atom. The predicted octanol–water partition coefficient (Wildman–Crippen LogP) is 2.65. The molecule has 1 N–H and O–H groups in total. The van der Waals surface area contributed by atoms with Crippen molar-refractivity contribution < 1.29 is 4.79 Å². The number of carbonyl (C=O) groups is 1. The molecular formula is C18H27BrClN3O. The van der Waals surface area contributed by atoms with Gasteiger partial charge < -0.3 is 10.2 Å². The Hall–Kier alpha value is -0.620. The summed E-state index contributed by atoms with van der Waals surface area (Å²) in [5, 5.41) is 3.40. The summed E-state index contributed by atoms with van der Waals surface area (Å²) in [6, 6.07) is 8.63. The van der Waals surface area contributed by atoms with Gasteiger partial charge in [-0.15, -0.1) is 12.4 Å². The van der Waals surface area contributed by atoms with Crippen LogP contribution >= 0.6 is 28.3 Å². The van der Waals surface area contributed by atoms with E-state index in [0.29, 0.717) is 6.04 Å². The van der Waals surface area contributed by atoms with E-state index in [9.17, 15) is 4.79 Å². The number of hydrogen-bond acceptors (Lipinski definition) is 3. The van der Waals surface area contributed by atoms with Crippen molar-refractivity contribution in [1.29, 1.82) is 0 Å². The van der Waals surface area contributed by atoms with E-state index in [1.165, 1.54) is 0 Å². The summed E-state index contributed by atoms with van der Waals surface area (Å²) in [6.07, 6.45) is 1.10. The number of nitrogens with zero attached hydrogens (tertiary/aromatic N) is 2. The van der Waals surface area contributed by atoms with Gasteiger partial charge in [0.05, 0.1) is 5.41 Å². The first-order valence-corrected chi connectivity index (χ1v) is 9.28. The maximum atomic E-state index is 13.1. The first-order chi connectivity index (χ1) is 11.0. The highest BCUT2D eigenvalue weighted by Gasteiger charge is 2.38. The first-order valence-electron chi connectivity index (χ1n) is 8.48. The van der Waals surface area contributed by atoms with Crippen LogP contribution in [-0.2, 0) is 10.2 Å². The van der Waals surface area contributed by atoms with E-state index in [1.54, 1.807) is 0 Å². The van der Waals surface area contributed by atoms with Crippen molar-refractivity contribution in [3.63, 3.8) is 0 Å². The van der Waals surface area contributed by atoms with Gasteiger partial charge in [-0.2, -0.15) is 0 Å². The Bertz CT molecular complexity index is 575. The molecule has 6 heteroatoms. The van der Waals surface area contributed by atoms with E-state index in [0.717, 1.165) is 55.7 Å². The van der Waals surface area contributed by atoms with Gasteiger partial charge in [-0.05, 0) is 38.0 Å². The Balaban J connectivity index is 0.00000208. The Kier molecular flexibility index (Phi) is 6.71. The molecule has 1 atom stereocenters. The molecule has 4 nitrogen and oxygen atoms in total. The number of nitrogens with one attached hydrogen (secondary N) is 1. The minimum Gasteiger partial charge on any atom is -0.340 e. The number of benzene rings is 1. The summed E-state index contributed by atoms with van der Waals surface area (Å²) >= 11 is 3.51. The molecular weight excluding hydrogens is 390 g/mol. The smallest absolute Gasteiger partial charge is 0.232 e. The lowest BCUT2D eigenvalue weighted by Gasteiger charge is -2.34. The van der Waals surface area contributed by atoms with Crippen LogP contribution in [0.2, 0.25) is 0 Å². The minimum absolute atomic E-state index is 0. The van der Waals surface area contributed by atoms with E-state index in [2.05, 4.69) is 37.1 Å². The van der Waals surface area contributed by atoms with Crippen LogP contribution in [0.5, 0.6) is 0 Å². The molecule has 3 rings (SSSR count). The van der Waals surface area contributed by atoms with Gasteiger partial charge >= 0.3 is 0 Å². The van der Waals surface area contributed by atoms with Crippen molar-refractivity contribution in [2.75, 3.05) is 39.3 Å². The third-order valence-electron chi connectivity index (χ3n) is 5.20. The normalized spacial score (nSPS) is 22.3. The number of piperazine rings is 1. The third kappa shape index (κ3) is 4.13. The lowest BCUT2D eigenvalue weighted by atomic mass is 9.83. The zero-order valence-electron chi connectivity index (χ0n) is 14.4. The average molecular weight is 417 g/mol. The second-order valence-corrected chi connectivity index (χ2v) is 8.03. The van der Waals surface area contributed by atoms with Gasteiger partial charge in [0.1, 0.15) is 0 Å². The van der Waals surface area contributed by atoms with E-state index >= 15 is 0 Å². The molecule has 0 aliphatic carbocycles. The highest BCUT2D eigenvalue weighted by atomic mass is 79.9. The summed E-state index contributed by atoms with van der Waals surface area (Å²) < 4.78 is 1.02. The molecule has 1 amide bonds. The minimum atomic E-state index is -0.484. The Morgan fingerprint density at radius 2 is 1.96 bits per heavy atom. The standard InChI is InChI=1S/C18H26BrN3O.ClH/c1-18(2,14-4-3-5-15(19)12-14)17(23)22-9-6-16(13-22)21-10-7-20-8-11-21;/h3-5,12,16,20H,6-11,13H2,1-2H3;1H. The molecule has 0 aromatic heterocycles. The number of hydrogen-bond donors (Lipinski definition) is 1. The van der Waals surface area contributed by atoms with Crippen molar-refractivity contribution in [2.45, 2.75) is 31.7 Å². The molecule has 2 saturated heterocycles. The molecule has 0 radical (unpaired) electrons. The Labute approximate surface area is 159 Å². The maximum absolute atomic E-state index is 13.1. The fourth-order valence-electron chi connectivity index (χ4n) is 3.67. The van der Waals surface area contributed by atoms with Crippen molar-refractivity contribution in [3.8, 4) is 0 Å². The second kappa shape index (κ2) is 8.17.